The number of esters is 1. The second kappa shape index (κ2) is 7.55. The zero-order valence-electron chi connectivity index (χ0n) is 13.4. The Balaban J connectivity index is 1.98. The number of carbonyl (C=O) groups excluding carboxylic acids is 1. The first-order valence-electron chi connectivity index (χ1n) is 7.23. The van der Waals surface area contributed by atoms with Gasteiger partial charge in [-0.15, -0.1) is 0 Å². The molecule has 0 atom stereocenters. The minimum atomic E-state index is -3.88. The van der Waals surface area contributed by atoms with Crippen molar-refractivity contribution in [3.8, 4) is 0 Å². The third kappa shape index (κ3) is 4.39. The van der Waals surface area contributed by atoms with Gasteiger partial charge >= 0.3 is 5.97 Å². The van der Waals surface area contributed by atoms with Crippen molar-refractivity contribution in [3.63, 3.8) is 0 Å². The van der Waals surface area contributed by atoms with E-state index < -0.39 is 28.4 Å². The second-order valence-corrected chi connectivity index (χ2v) is 7.35. The average Bonchev–Trinajstić information content (AvgIpc) is 2.54. The first kappa shape index (κ1) is 18.1. The highest BCUT2D eigenvalue weighted by molar-refractivity contribution is 7.89. The van der Waals surface area contributed by atoms with E-state index in [1.54, 1.807) is 0 Å². The predicted octanol–water partition coefficient (Wildman–Crippen LogP) is 2.50. The van der Waals surface area contributed by atoms with E-state index in [-0.39, 0.29) is 11.5 Å². The molecule has 0 N–H and O–H groups in total. The third-order valence-electron chi connectivity index (χ3n) is 3.52. The van der Waals surface area contributed by atoms with Crippen LogP contribution < -0.4 is 0 Å². The molecule has 0 fully saturated rings. The molecule has 0 bridgehead atoms. The van der Waals surface area contributed by atoms with Crippen LogP contribution in [0.15, 0.2) is 53.4 Å². The number of aryl methyl sites for hydroxylation is 1. The fourth-order valence-corrected chi connectivity index (χ4v) is 3.14. The van der Waals surface area contributed by atoms with Gasteiger partial charge in [0.2, 0.25) is 10.0 Å². The number of ether oxygens (including phenoxy) is 1. The van der Waals surface area contributed by atoms with Crippen molar-refractivity contribution in [2.75, 3.05) is 13.6 Å². The fourth-order valence-electron chi connectivity index (χ4n) is 2.03. The zero-order chi connectivity index (χ0) is 17.7. The van der Waals surface area contributed by atoms with Gasteiger partial charge in [0.05, 0.1) is 4.90 Å². The van der Waals surface area contributed by atoms with E-state index in [0.717, 1.165) is 39.7 Å². The molecule has 5 nitrogen and oxygen atoms in total. The van der Waals surface area contributed by atoms with Crippen LogP contribution in [-0.2, 0) is 26.2 Å². The molecule has 24 heavy (non-hydrogen) atoms. The SMILES string of the molecule is Cc1ccccc1COC(=O)CN(C)S(=O)(=O)c1ccc(F)cc1. The monoisotopic (exact) mass is 351 g/mol. The van der Waals surface area contributed by atoms with Crippen LogP contribution in [0.25, 0.3) is 0 Å². The van der Waals surface area contributed by atoms with Crippen molar-refractivity contribution in [2.45, 2.75) is 18.4 Å². The summed E-state index contributed by atoms with van der Waals surface area (Å²) in [5.74, 6) is -1.19. The number of halogens is 1. The quantitative estimate of drug-likeness (QED) is 0.750. The zero-order valence-corrected chi connectivity index (χ0v) is 14.2. The molecule has 0 saturated heterocycles. The number of likely N-dealkylation sites (N-methyl/N-ethyl adjacent to an activating group) is 1. The predicted molar refractivity (Wildman–Crippen MR) is 87.2 cm³/mol. The molecule has 0 aliphatic rings. The summed E-state index contributed by atoms with van der Waals surface area (Å²) in [4.78, 5) is 11.8. The van der Waals surface area contributed by atoms with Crippen molar-refractivity contribution in [3.05, 3.63) is 65.5 Å². The summed E-state index contributed by atoms with van der Waals surface area (Å²) in [5.41, 5.74) is 1.84. The van der Waals surface area contributed by atoms with Gasteiger partial charge in [0, 0.05) is 7.05 Å². The van der Waals surface area contributed by atoms with Gasteiger partial charge in [-0.25, -0.2) is 12.8 Å². The van der Waals surface area contributed by atoms with E-state index in [1.807, 2.05) is 31.2 Å². The lowest BCUT2D eigenvalue weighted by Gasteiger charge is -2.16. The molecule has 0 aliphatic heterocycles. The van der Waals surface area contributed by atoms with Crippen molar-refractivity contribution in [1.29, 1.82) is 0 Å². The van der Waals surface area contributed by atoms with E-state index >= 15 is 0 Å². The highest BCUT2D eigenvalue weighted by atomic mass is 32.2. The Morgan fingerprint density at radius 2 is 1.75 bits per heavy atom. The highest BCUT2D eigenvalue weighted by Gasteiger charge is 2.23. The molecule has 2 aromatic carbocycles. The van der Waals surface area contributed by atoms with Crippen molar-refractivity contribution >= 4 is 16.0 Å². The van der Waals surface area contributed by atoms with Crippen LogP contribution in [0.2, 0.25) is 0 Å². The van der Waals surface area contributed by atoms with Crippen LogP contribution in [0.3, 0.4) is 0 Å². The molecule has 0 amide bonds. The summed E-state index contributed by atoms with van der Waals surface area (Å²) < 4.78 is 43.5. The summed E-state index contributed by atoms with van der Waals surface area (Å²) in [6, 6.07) is 11.9. The van der Waals surface area contributed by atoms with Gasteiger partial charge in [-0.05, 0) is 42.3 Å². The molecule has 0 unspecified atom stereocenters. The van der Waals surface area contributed by atoms with Crippen molar-refractivity contribution in [1.82, 2.24) is 4.31 Å². The molecule has 0 saturated carbocycles. The van der Waals surface area contributed by atoms with Gasteiger partial charge in [0.15, 0.2) is 0 Å². The van der Waals surface area contributed by atoms with Crippen LogP contribution in [0, 0.1) is 12.7 Å². The molecule has 0 radical (unpaired) electrons. The number of carbonyl (C=O) groups is 1. The highest BCUT2D eigenvalue weighted by Crippen LogP contribution is 2.15. The number of benzene rings is 2. The lowest BCUT2D eigenvalue weighted by atomic mass is 10.1. The standard InChI is InChI=1S/C17H18FNO4S/c1-13-5-3-4-6-14(13)12-23-17(20)11-19(2)24(21,22)16-9-7-15(18)8-10-16/h3-10H,11-12H2,1-2H3. The second-order valence-electron chi connectivity index (χ2n) is 5.30. The number of sulfonamides is 1. The maximum absolute atomic E-state index is 12.9. The lowest BCUT2D eigenvalue weighted by molar-refractivity contribution is -0.144. The average molecular weight is 351 g/mol. The lowest BCUT2D eigenvalue weighted by Crippen LogP contribution is -2.33. The van der Waals surface area contributed by atoms with E-state index in [9.17, 15) is 17.6 Å². The maximum atomic E-state index is 12.9. The van der Waals surface area contributed by atoms with Gasteiger partial charge < -0.3 is 4.74 Å². The van der Waals surface area contributed by atoms with Gasteiger partial charge in [0.1, 0.15) is 19.0 Å². The molecule has 2 rings (SSSR count). The Bertz CT molecular complexity index is 819. The maximum Gasteiger partial charge on any atom is 0.321 e. The number of hydrogen-bond donors (Lipinski definition) is 0. The minimum Gasteiger partial charge on any atom is -0.460 e. The summed E-state index contributed by atoms with van der Waals surface area (Å²) in [7, 11) is -2.60. The van der Waals surface area contributed by atoms with Crippen LogP contribution in [-0.4, -0.2) is 32.3 Å². The van der Waals surface area contributed by atoms with Gasteiger partial charge in [-0.2, -0.15) is 4.31 Å². The topological polar surface area (TPSA) is 63.7 Å². The van der Waals surface area contributed by atoms with Crippen LogP contribution >= 0.6 is 0 Å². The summed E-state index contributed by atoms with van der Waals surface area (Å²) in [6.07, 6.45) is 0. The Hall–Kier alpha value is -2.25. The molecule has 128 valence electrons. The Morgan fingerprint density at radius 3 is 2.38 bits per heavy atom. The van der Waals surface area contributed by atoms with Crippen molar-refractivity contribution in [2.24, 2.45) is 0 Å². The molecule has 0 spiro atoms. The summed E-state index contributed by atoms with van der Waals surface area (Å²) in [6.45, 7) is 1.55. The Morgan fingerprint density at radius 1 is 1.12 bits per heavy atom. The third-order valence-corrected chi connectivity index (χ3v) is 5.34. The van der Waals surface area contributed by atoms with E-state index in [4.69, 9.17) is 4.74 Å². The molecular weight excluding hydrogens is 333 g/mol. The Labute approximate surface area is 140 Å². The largest absolute Gasteiger partial charge is 0.460 e. The van der Waals surface area contributed by atoms with Gasteiger partial charge in [0.25, 0.3) is 0 Å². The normalized spacial score (nSPS) is 11.5. The summed E-state index contributed by atoms with van der Waals surface area (Å²) >= 11 is 0. The smallest absolute Gasteiger partial charge is 0.321 e. The summed E-state index contributed by atoms with van der Waals surface area (Å²) in [5, 5.41) is 0. The van der Waals surface area contributed by atoms with Crippen molar-refractivity contribution < 1.29 is 22.3 Å². The minimum absolute atomic E-state index is 0.0793. The van der Waals surface area contributed by atoms with E-state index in [1.165, 1.54) is 7.05 Å². The molecular formula is C17H18FNO4S. The number of hydrogen-bond acceptors (Lipinski definition) is 4. The fraction of sp³-hybridized carbons (Fsp3) is 0.235. The first-order chi connectivity index (χ1) is 11.3. The number of nitrogens with zero attached hydrogens (tertiary/aromatic N) is 1. The molecule has 0 aliphatic carbocycles. The molecule has 2 aromatic rings. The first-order valence-corrected chi connectivity index (χ1v) is 8.67. The molecule has 0 heterocycles. The van der Waals surface area contributed by atoms with E-state index in [0.29, 0.717) is 0 Å². The van der Waals surface area contributed by atoms with Crippen LogP contribution in [0.5, 0.6) is 0 Å². The van der Waals surface area contributed by atoms with Gasteiger partial charge in [-0.3, -0.25) is 4.79 Å². The van der Waals surface area contributed by atoms with Crippen LogP contribution in [0.4, 0.5) is 4.39 Å². The molecule has 0 aromatic heterocycles. The van der Waals surface area contributed by atoms with Crippen LogP contribution in [0.1, 0.15) is 11.1 Å². The van der Waals surface area contributed by atoms with E-state index in [2.05, 4.69) is 0 Å². The van der Waals surface area contributed by atoms with Gasteiger partial charge in [-0.1, -0.05) is 24.3 Å². The molecule has 7 heteroatoms. The number of rotatable bonds is 6. The Kier molecular flexibility index (Phi) is 5.69.